The molecular formula is C23H21FN2O4S2. The van der Waals surface area contributed by atoms with Gasteiger partial charge in [-0.1, -0.05) is 17.4 Å². The Hall–Kier alpha value is -3.04. The fourth-order valence-electron chi connectivity index (χ4n) is 3.41. The van der Waals surface area contributed by atoms with Crippen molar-refractivity contribution in [1.82, 2.24) is 4.98 Å². The largest absolute Gasteiger partial charge is 0.467 e. The van der Waals surface area contributed by atoms with E-state index in [1.54, 1.807) is 12.1 Å². The number of carbonyl (C=O) groups excluding carboxylic acids is 1. The smallest absolute Gasteiger partial charge is 0.230 e. The Bertz CT molecular complexity index is 1360. The molecule has 4 rings (SSSR count). The van der Waals surface area contributed by atoms with Gasteiger partial charge in [0.2, 0.25) is 5.91 Å². The minimum atomic E-state index is -3.74. The molecule has 2 aromatic heterocycles. The van der Waals surface area contributed by atoms with E-state index in [4.69, 9.17) is 4.42 Å². The third-order valence-electron chi connectivity index (χ3n) is 5.00. The van der Waals surface area contributed by atoms with Crippen molar-refractivity contribution in [3.8, 4) is 0 Å². The Morgan fingerprint density at radius 1 is 1.16 bits per heavy atom. The summed E-state index contributed by atoms with van der Waals surface area (Å²) in [4.78, 5) is 19.3. The van der Waals surface area contributed by atoms with E-state index in [0.717, 1.165) is 33.5 Å². The van der Waals surface area contributed by atoms with Gasteiger partial charge in [0.25, 0.3) is 0 Å². The number of nitrogens with zero attached hydrogens (tertiary/aromatic N) is 2. The van der Waals surface area contributed by atoms with Crippen LogP contribution in [0.4, 0.5) is 9.52 Å². The van der Waals surface area contributed by atoms with Crippen molar-refractivity contribution in [1.29, 1.82) is 0 Å². The number of sulfone groups is 1. The Morgan fingerprint density at radius 2 is 1.91 bits per heavy atom. The normalized spacial score (nSPS) is 11.7. The highest BCUT2D eigenvalue weighted by molar-refractivity contribution is 7.91. The molecule has 0 aliphatic rings. The van der Waals surface area contributed by atoms with Crippen molar-refractivity contribution in [2.75, 3.05) is 10.7 Å². The summed E-state index contributed by atoms with van der Waals surface area (Å²) >= 11 is 1.38. The number of benzene rings is 2. The lowest BCUT2D eigenvalue weighted by Crippen LogP contribution is -2.31. The molecule has 0 saturated heterocycles. The van der Waals surface area contributed by atoms with Crippen molar-refractivity contribution in [2.45, 2.75) is 31.7 Å². The summed E-state index contributed by atoms with van der Waals surface area (Å²) in [5.74, 6) is -0.742. The number of rotatable bonds is 7. The van der Waals surface area contributed by atoms with Crippen molar-refractivity contribution >= 4 is 42.4 Å². The van der Waals surface area contributed by atoms with E-state index in [1.807, 2.05) is 26.0 Å². The zero-order valence-electron chi connectivity index (χ0n) is 17.5. The van der Waals surface area contributed by atoms with E-state index in [2.05, 4.69) is 4.98 Å². The Balaban J connectivity index is 1.61. The minimum Gasteiger partial charge on any atom is -0.467 e. The van der Waals surface area contributed by atoms with Gasteiger partial charge in [-0.3, -0.25) is 9.69 Å². The molecule has 0 bridgehead atoms. The SMILES string of the molecule is Cc1cc(C)c2nc(N(Cc3ccco3)C(=O)CCS(=O)(=O)c3ccc(F)cc3)sc2c1. The molecule has 0 spiro atoms. The van der Waals surface area contributed by atoms with Gasteiger partial charge in [-0.15, -0.1) is 0 Å². The zero-order chi connectivity index (χ0) is 22.9. The van der Waals surface area contributed by atoms with Crippen molar-refractivity contribution in [2.24, 2.45) is 0 Å². The van der Waals surface area contributed by atoms with Gasteiger partial charge in [0, 0.05) is 6.42 Å². The number of hydrogen-bond donors (Lipinski definition) is 0. The second-order valence-corrected chi connectivity index (χ2v) is 10.6. The molecule has 6 nitrogen and oxygen atoms in total. The summed E-state index contributed by atoms with van der Waals surface area (Å²) in [6, 6.07) is 12.1. The van der Waals surface area contributed by atoms with E-state index < -0.39 is 21.4 Å². The molecule has 9 heteroatoms. The first-order chi connectivity index (χ1) is 15.2. The first-order valence-electron chi connectivity index (χ1n) is 9.92. The maximum absolute atomic E-state index is 13.2. The Labute approximate surface area is 189 Å². The maximum Gasteiger partial charge on any atom is 0.230 e. The lowest BCUT2D eigenvalue weighted by Gasteiger charge is -2.18. The molecule has 166 valence electrons. The van der Waals surface area contributed by atoms with Crippen LogP contribution in [0.2, 0.25) is 0 Å². The Morgan fingerprint density at radius 3 is 2.59 bits per heavy atom. The quantitative estimate of drug-likeness (QED) is 0.352. The average molecular weight is 473 g/mol. The maximum atomic E-state index is 13.2. The van der Waals surface area contributed by atoms with Crippen LogP contribution in [0, 0.1) is 19.7 Å². The molecule has 2 heterocycles. The first-order valence-corrected chi connectivity index (χ1v) is 12.4. The summed E-state index contributed by atoms with van der Waals surface area (Å²) < 4.78 is 44.7. The predicted molar refractivity (Wildman–Crippen MR) is 122 cm³/mol. The van der Waals surface area contributed by atoms with Crippen LogP contribution in [0.5, 0.6) is 0 Å². The van der Waals surface area contributed by atoms with Crippen LogP contribution >= 0.6 is 11.3 Å². The molecule has 0 atom stereocenters. The lowest BCUT2D eigenvalue weighted by molar-refractivity contribution is -0.118. The first kappa shape index (κ1) is 22.2. The van der Waals surface area contributed by atoms with Crippen LogP contribution in [-0.2, 0) is 21.2 Å². The summed E-state index contributed by atoms with van der Waals surface area (Å²) in [5.41, 5.74) is 2.91. The number of aromatic nitrogens is 1. The van der Waals surface area contributed by atoms with E-state index in [9.17, 15) is 17.6 Å². The Kier molecular flexibility index (Phi) is 6.12. The molecule has 0 aliphatic heterocycles. The molecule has 0 aliphatic carbocycles. The number of anilines is 1. The summed E-state index contributed by atoms with van der Waals surface area (Å²) in [7, 11) is -3.74. The third kappa shape index (κ3) is 4.73. The number of thiazole rings is 1. The van der Waals surface area contributed by atoms with E-state index >= 15 is 0 Å². The van der Waals surface area contributed by atoms with Gasteiger partial charge in [-0.2, -0.15) is 0 Å². The number of fused-ring (bicyclic) bond motifs is 1. The van der Waals surface area contributed by atoms with Crippen molar-refractivity contribution in [3.63, 3.8) is 0 Å². The molecule has 0 radical (unpaired) electrons. The second-order valence-electron chi connectivity index (χ2n) is 7.51. The van der Waals surface area contributed by atoms with Gasteiger partial charge < -0.3 is 4.42 Å². The number of amides is 1. The third-order valence-corrected chi connectivity index (χ3v) is 7.76. The van der Waals surface area contributed by atoms with Crippen LogP contribution in [0.1, 0.15) is 23.3 Å². The molecule has 0 fully saturated rings. The highest BCUT2D eigenvalue weighted by Gasteiger charge is 2.24. The summed E-state index contributed by atoms with van der Waals surface area (Å²) in [5, 5.41) is 0.481. The van der Waals surface area contributed by atoms with Crippen LogP contribution in [0.3, 0.4) is 0 Å². The summed E-state index contributed by atoms with van der Waals surface area (Å²) in [6.07, 6.45) is 1.27. The monoisotopic (exact) mass is 472 g/mol. The number of aryl methyl sites for hydroxylation is 2. The van der Waals surface area contributed by atoms with Crippen LogP contribution in [0.15, 0.2) is 64.1 Å². The molecule has 0 saturated carbocycles. The minimum absolute atomic E-state index is 0.0182. The van der Waals surface area contributed by atoms with Crippen molar-refractivity contribution < 1.29 is 22.0 Å². The summed E-state index contributed by atoms with van der Waals surface area (Å²) in [6.45, 7) is 4.10. The zero-order valence-corrected chi connectivity index (χ0v) is 19.2. The molecule has 32 heavy (non-hydrogen) atoms. The number of hydrogen-bond acceptors (Lipinski definition) is 6. The van der Waals surface area contributed by atoms with Gasteiger partial charge >= 0.3 is 0 Å². The second kappa shape index (κ2) is 8.84. The van der Waals surface area contributed by atoms with Gasteiger partial charge in [0.1, 0.15) is 11.6 Å². The van der Waals surface area contributed by atoms with Gasteiger partial charge in [0.15, 0.2) is 15.0 Å². The van der Waals surface area contributed by atoms with E-state index in [-0.39, 0.29) is 23.8 Å². The van der Waals surface area contributed by atoms with Gasteiger partial charge in [-0.05, 0) is 67.4 Å². The number of carbonyl (C=O) groups is 1. The number of furan rings is 1. The van der Waals surface area contributed by atoms with Crippen LogP contribution in [-0.4, -0.2) is 25.1 Å². The van der Waals surface area contributed by atoms with Gasteiger partial charge in [-0.25, -0.2) is 17.8 Å². The number of halogens is 1. The predicted octanol–water partition coefficient (Wildman–Crippen LogP) is 5.04. The van der Waals surface area contributed by atoms with Crippen LogP contribution < -0.4 is 4.90 Å². The molecular weight excluding hydrogens is 451 g/mol. The fraction of sp³-hybridized carbons (Fsp3) is 0.217. The van der Waals surface area contributed by atoms with Gasteiger partial charge in [0.05, 0.1) is 33.7 Å². The standard InChI is InChI=1S/C23H21FN2O4S2/c1-15-12-16(2)22-20(13-15)31-23(25-22)26(14-18-4-3-10-30-18)21(27)9-11-32(28,29)19-7-5-17(24)6-8-19/h3-8,10,12-13H,9,11,14H2,1-2H3. The molecule has 0 N–H and O–H groups in total. The highest BCUT2D eigenvalue weighted by Crippen LogP contribution is 2.33. The van der Waals surface area contributed by atoms with Crippen LogP contribution in [0.25, 0.3) is 10.2 Å². The topological polar surface area (TPSA) is 80.5 Å². The average Bonchev–Trinajstić information content (AvgIpc) is 3.40. The fourth-order valence-corrected chi connectivity index (χ4v) is 5.80. The van der Waals surface area contributed by atoms with E-state index in [1.165, 1.54) is 34.6 Å². The molecule has 4 aromatic rings. The molecule has 0 unspecified atom stereocenters. The highest BCUT2D eigenvalue weighted by atomic mass is 32.2. The lowest BCUT2D eigenvalue weighted by atomic mass is 10.1. The molecule has 1 amide bonds. The van der Waals surface area contributed by atoms with E-state index in [0.29, 0.717) is 10.9 Å². The molecule has 2 aromatic carbocycles. The van der Waals surface area contributed by atoms with Crippen molar-refractivity contribution in [3.05, 3.63) is 77.5 Å².